The molecule has 0 bridgehead atoms. The fourth-order valence-electron chi connectivity index (χ4n) is 0.957. The SMILES string of the molecule is CC(=O)ON(CCN(OC(C)=O)OC(C)=O)OC(C)=O.[Fe].[NaH]. The summed E-state index contributed by atoms with van der Waals surface area (Å²) in [4.78, 5) is 61.4. The van der Waals surface area contributed by atoms with Crippen LogP contribution in [0.3, 0.4) is 0 Å². The quantitative estimate of drug-likeness (QED) is 0.401. The molecule has 0 atom stereocenters. The number of carbonyl (C=O) groups is 4. The normalized spacial score (nSPS) is 9.18. The van der Waals surface area contributed by atoms with Crippen molar-refractivity contribution >= 4 is 53.4 Å². The second-order valence-corrected chi connectivity index (χ2v) is 3.44. The van der Waals surface area contributed by atoms with Gasteiger partial charge in [-0.05, 0) is 0 Å². The van der Waals surface area contributed by atoms with Crippen molar-refractivity contribution in [3.05, 3.63) is 0 Å². The molecule has 0 aliphatic heterocycles. The summed E-state index contributed by atoms with van der Waals surface area (Å²) in [6.45, 7) is 3.97. The fourth-order valence-corrected chi connectivity index (χ4v) is 0.957. The van der Waals surface area contributed by atoms with Crippen LogP contribution in [0.15, 0.2) is 0 Å². The van der Waals surface area contributed by atoms with Crippen molar-refractivity contribution in [1.82, 2.24) is 10.5 Å². The first-order chi connectivity index (χ1) is 9.20. The summed E-state index contributed by atoms with van der Waals surface area (Å²) >= 11 is 0. The van der Waals surface area contributed by atoms with Crippen LogP contribution >= 0.6 is 0 Å². The summed E-state index contributed by atoms with van der Waals surface area (Å²) in [6, 6.07) is 0. The van der Waals surface area contributed by atoms with E-state index in [9.17, 15) is 19.2 Å². The van der Waals surface area contributed by atoms with Gasteiger partial charge in [0.15, 0.2) is 0 Å². The Bertz CT molecular complexity index is 327. The van der Waals surface area contributed by atoms with Gasteiger partial charge in [-0.3, -0.25) is 19.2 Å². The number of nitrogens with zero attached hydrogens (tertiary/aromatic N) is 2. The zero-order chi connectivity index (χ0) is 15.7. The summed E-state index contributed by atoms with van der Waals surface area (Å²) in [5, 5.41) is 1.15. The molecule has 0 saturated carbocycles. The van der Waals surface area contributed by atoms with E-state index < -0.39 is 23.9 Å². The van der Waals surface area contributed by atoms with E-state index >= 15 is 0 Å². The molecule has 0 spiro atoms. The number of hydroxylamine groups is 4. The van der Waals surface area contributed by atoms with Crippen LogP contribution in [0, 0.1) is 0 Å². The predicted molar refractivity (Wildman–Crippen MR) is 67.6 cm³/mol. The molecule has 0 aliphatic carbocycles. The summed E-state index contributed by atoms with van der Waals surface area (Å²) in [6.07, 6.45) is 0. The maximum absolute atomic E-state index is 10.8. The van der Waals surface area contributed by atoms with E-state index in [0.717, 1.165) is 27.7 Å². The van der Waals surface area contributed by atoms with E-state index in [1.165, 1.54) is 0 Å². The Morgan fingerprint density at radius 1 is 0.636 bits per heavy atom. The van der Waals surface area contributed by atoms with Crippen molar-refractivity contribution in [2.75, 3.05) is 13.1 Å². The van der Waals surface area contributed by atoms with Crippen molar-refractivity contribution in [1.29, 1.82) is 0 Å². The monoisotopic (exact) mass is 372 g/mol. The number of hydrogen-bond acceptors (Lipinski definition) is 10. The molecule has 0 aliphatic rings. The maximum atomic E-state index is 10.8. The second-order valence-electron chi connectivity index (χ2n) is 3.44. The molecule has 0 fully saturated rings. The van der Waals surface area contributed by atoms with Crippen LogP contribution in [0.1, 0.15) is 27.7 Å². The van der Waals surface area contributed by atoms with Crippen molar-refractivity contribution in [2.24, 2.45) is 0 Å². The van der Waals surface area contributed by atoms with Crippen LogP contribution < -0.4 is 0 Å². The third-order valence-electron chi connectivity index (χ3n) is 1.39. The average molecular weight is 372 g/mol. The second kappa shape index (κ2) is 13.9. The first kappa shape index (κ1) is 26.2. The molecule has 12 heteroatoms. The molecule has 0 rings (SSSR count). The van der Waals surface area contributed by atoms with E-state index in [4.69, 9.17) is 0 Å². The van der Waals surface area contributed by atoms with E-state index in [-0.39, 0.29) is 59.7 Å². The van der Waals surface area contributed by atoms with Gasteiger partial charge in [-0.2, -0.15) is 0 Å². The van der Waals surface area contributed by atoms with Gasteiger partial charge in [-0.15, -0.1) is 0 Å². The molecule has 0 radical (unpaired) electrons. The minimum atomic E-state index is -0.724. The van der Waals surface area contributed by atoms with Gasteiger partial charge in [-0.1, -0.05) is 0 Å². The summed E-state index contributed by atoms with van der Waals surface area (Å²) in [5.41, 5.74) is 0. The van der Waals surface area contributed by atoms with Crippen molar-refractivity contribution < 1.29 is 55.6 Å². The molecule has 0 aromatic carbocycles. The van der Waals surface area contributed by atoms with Gasteiger partial charge < -0.3 is 19.4 Å². The number of carbonyl (C=O) groups excluding carboxylic acids is 4. The van der Waals surface area contributed by atoms with Crippen LogP contribution in [-0.4, -0.2) is 77.0 Å². The molecule has 10 nitrogen and oxygen atoms in total. The van der Waals surface area contributed by atoms with Gasteiger partial charge in [0.2, 0.25) is 0 Å². The molecule has 0 aromatic rings. The van der Waals surface area contributed by atoms with Gasteiger partial charge >= 0.3 is 53.4 Å². The summed E-state index contributed by atoms with van der Waals surface area (Å²) < 4.78 is 0. The van der Waals surface area contributed by atoms with Crippen molar-refractivity contribution in [2.45, 2.75) is 27.7 Å². The first-order valence-corrected chi connectivity index (χ1v) is 5.50. The van der Waals surface area contributed by atoms with Crippen LogP contribution in [0.5, 0.6) is 0 Å². The van der Waals surface area contributed by atoms with E-state index in [1.807, 2.05) is 0 Å². The summed E-state index contributed by atoms with van der Waals surface area (Å²) in [5.74, 6) is -2.90. The molecular formula is C10H17FeN2NaO8. The Kier molecular flexibility index (Phi) is 16.6. The predicted octanol–water partition coefficient (Wildman–Crippen LogP) is -1.15. The van der Waals surface area contributed by atoms with Gasteiger partial charge in [0.05, 0.1) is 13.1 Å². The number of hydrogen-bond donors (Lipinski definition) is 0. The molecule has 0 heterocycles. The van der Waals surface area contributed by atoms with E-state index in [2.05, 4.69) is 19.4 Å². The minimum absolute atomic E-state index is 0. The zero-order valence-electron chi connectivity index (χ0n) is 11.9. The molecular weight excluding hydrogens is 355 g/mol. The molecule has 0 saturated heterocycles. The first-order valence-electron chi connectivity index (χ1n) is 5.50. The molecule has 124 valence electrons. The molecule has 0 N–H and O–H groups in total. The molecule has 0 unspecified atom stereocenters. The van der Waals surface area contributed by atoms with Crippen LogP contribution in [0.2, 0.25) is 0 Å². The molecule has 22 heavy (non-hydrogen) atoms. The Morgan fingerprint density at radius 3 is 0.955 bits per heavy atom. The number of rotatable bonds is 7. The van der Waals surface area contributed by atoms with Crippen molar-refractivity contribution in [3.63, 3.8) is 0 Å². The third-order valence-corrected chi connectivity index (χ3v) is 1.39. The Hall–Kier alpha value is -0.681. The average Bonchev–Trinajstić information content (AvgIpc) is 2.22. The van der Waals surface area contributed by atoms with Crippen LogP contribution in [0.4, 0.5) is 0 Å². The zero-order valence-corrected chi connectivity index (χ0v) is 13.0. The van der Waals surface area contributed by atoms with Gasteiger partial charge in [0.25, 0.3) is 0 Å². The van der Waals surface area contributed by atoms with Gasteiger partial charge in [0, 0.05) is 55.2 Å². The summed E-state index contributed by atoms with van der Waals surface area (Å²) in [7, 11) is 0. The van der Waals surface area contributed by atoms with Crippen LogP contribution in [0.25, 0.3) is 0 Å². The van der Waals surface area contributed by atoms with Crippen molar-refractivity contribution in [3.8, 4) is 0 Å². The molecule has 0 aromatic heterocycles. The van der Waals surface area contributed by atoms with Gasteiger partial charge in [0.1, 0.15) is 0 Å². The standard InChI is InChI=1S/C10H16N2O8.Fe.Na.H/c1-7(13)17-11(18-8(2)14)5-6-12(19-9(3)15)20-10(4)16;;;/h5-6H2,1-4H3;;;. The Labute approximate surface area is 159 Å². The van der Waals surface area contributed by atoms with Gasteiger partial charge in [-0.25, -0.2) is 0 Å². The third kappa shape index (κ3) is 15.7. The van der Waals surface area contributed by atoms with Crippen LogP contribution in [-0.2, 0) is 55.6 Å². The Morgan fingerprint density at radius 2 is 0.818 bits per heavy atom. The van der Waals surface area contributed by atoms with E-state index in [1.54, 1.807) is 0 Å². The molecule has 0 amide bonds. The Balaban J connectivity index is -0.00000180. The fraction of sp³-hybridized carbons (Fsp3) is 0.600. The topological polar surface area (TPSA) is 112 Å². The van der Waals surface area contributed by atoms with E-state index in [0.29, 0.717) is 10.5 Å².